The minimum absolute atomic E-state index is 0.343. The molecule has 0 aliphatic carbocycles. The van der Waals surface area contributed by atoms with Gasteiger partial charge in [-0.25, -0.2) is 4.98 Å². The molecular weight excluding hydrogens is 234 g/mol. The van der Waals surface area contributed by atoms with Gasteiger partial charge in [0.05, 0.1) is 18.9 Å². The number of ether oxygens (including phenoxy) is 1. The summed E-state index contributed by atoms with van der Waals surface area (Å²) in [6.45, 7) is 2.66. The van der Waals surface area contributed by atoms with Crippen molar-refractivity contribution in [3.8, 4) is 0 Å². The van der Waals surface area contributed by atoms with E-state index in [0.717, 1.165) is 10.2 Å². The second-order valence-corrected chi connectivity index (χ2v) is 4.19. The molecule has 2 rings (SSSR count). The maximum atomic E-state index is 9.92. The number of hydrogen-bond acceptors (Lipinski definition) is 3. The highest BCUT2D eigenvalue weighted by Crippen LogP contribution is 2.29. The average Bonchev–Trinajstić information content (AvgIpc) is 1.98. The largest absolute Gasteiger partial charge is 0.379 e. The molecule has 1 N–H and O–H groups in total. The summed E-state index contributed by atoms with van der Waals surface area (Å²) < 4.78 is 5.72. The normalized spacial score (nSPS) is 19.6. The molecule has 0 bridgehead atoms. The summed E-state index contributed by atoms with van der Waals surface area (Å²) in [5, 5.41) is 9.92. The molecule has 0 saturated carbocycles. The highest BCUT2D eigenvalue weighted by Gasteiger charge is 2.39. The third kappa shape index (κ3) is 1.61. The molecule has 0 atom stereocenters. The zero-order chi connectivity index (χ0) is 9.47. The lowest BCUT2D eigenvalue weighted by Gasteiger charge is -2.35. The number of halogens is 1. The molecule has 0 spiro atoms. The van der Waals surface area contributed by atoms with Crippen molar-refractivity contribution in [3.63, 3.8) is 0 Å². The maximum Gasteiger partial charge on any atom is 0.153 e. The minimum atomic E-state index is -0.867. The Morgan fingerprint density at radius 3 is 2.69 bits per heavy atom. The molecule has 70 valence electrons. The first kappa shape index (κ1) is 9.12. The van der Waals surface area contributed by atoms with Crippen LogP contribution in [0.5, 0.6) is 0 Å². The molecule has 1 aromatic heterocycles. The van der Waals surface area contributed by atoms with Gasteiger partial charge < -0.3 is 9.84 Å². The van der Waals surface area contributed by atoms with Gasteiger partial charge in [0.2, 0.25) is 0 Å². The van der Waals surface area contributed by atoms with Crippen LogP contribution < -0.4 is 0 Å². The Bertz CT molecular complexity index is 316. The van der Waals surface area contributed by atoms with Crippen LogP contribution in [0.3, 0.4) is 0 Å². The molecule has 0 unspecified atom stereocenters. The zero-order valence-corrected chi connectivity index (χ0v) is 8.84. The fraction of sp³-hybridized carbons (Fsp3) is 0.444. The van der Waals surface area contributed by atoms with Crippen LogP contribution in [0, 0.1) is 6.92 Å². The first-order valence-corrected chi connectivity index (χ1v) is 4.84. The molecule has 2 heterocycles. The van der Waals surface area contributed by atoms with Gasteiger partial charge in [-0.1, -0.05) is 0 Å². The van der Waals surface area contributed by atoms with Crippen LogP contribution in [0.1, 0.15) is 11.3 Å². The van der Waals surface area contributed by atoms with Crippen molar-refractivity contribution in [2.75, 3.05) is 13.2 Å². The SMILES string of the molecule is Cc1cc(Br)nc(C2(O)COC2)c1. The minimum Gasteiger partial charge on any atom is -0.379 e. The van der Waals surface area contributed by atoms with E-state index in [0.29, 0.717) is 18.9 Å². The summed E-state index contributed by atoms with van der Waals surface area (Å²) in [6, 6.07) is 3.79. The van der Waals surface area contributed by atoms with Crippen LogP contribution in [0.2, 0.25) is 0 Å². The van der Waals surface area contributed by atoms with E-state index in [4.69, 9.17) is 4.74 Å². The number of pyridine rings is 1. The second kappa shape index (κ2) is 3.04. The second-order valence-electron chi connectivity index (χ2n) is 3.38. The van der Waals surface area contributed by atoms with E-state index in [1.54, 1.807) is 0 Å². The van der Waals surface area contributed by atoms with E-state index in [1.807, 2.05) is 19.1 Å². The Morgan fingerprint density at radius 2 is 2.23 bits per heavy atom. The van der Waals surface area contributed by atoms with Crippen molar-refractivity contribution < 1.29 is 9.84 Å². The smallest absolute Gasteiger partial charge is 0.153 e. The lowest BCUT2D eigenvalue weighted by atomic mass is 9.96. The predicted molar refractivity (Wildman–Crippen MR) is 51.4 cm³/mol. The number of aliphatic hydroxyl groups is 1. The Kier molecular flexibility index (Phi) is 2.14. The molecule has 0 radical (unpaired) electrons. The first-order chi connectivity index (χ1) is 6.10. The van der Waals surface area contributed by atoms with Gasteiger partial charge in [0, 0.05) is 0 Å². The van der Waals surface area contributed by atoms with Crippen LogP contribution in [0.15, 0.2) is 16.7 Å². The van der Waals surface area contributed by atoms with Gasteiger partial charge in [-0.2, -0.15) is 0 Å². The van der Waals surface area contributed by atoms with Gasteiger partial charge >= 0.3 is 0 Å². The quantitative estimate of drug-likeness (QED) is 0.758. The number of hydrogen-bond donors (Lipinski definition) is 1. The molecule has 4 heteroatoms. The van der Waals surface area contributed by atoms with Crippen LogP contribution in [0.4, 0.5) is 0 Å². The zero-order valence-electron chi connectivity index (χ0n) is 7.25. The Hall–Kier alpha value is -0.450. The van der Waals surface area contributed by atoms with E-state index in [-0.39, 0.29) is 0 Å². The summed E-state index contributed by atoms with van der Waals surface area (Å²) in [4.78, 5) is 4.21. The third-order valence-electron chi connectivity index (χ3n) is 2.10. The number of aromatic nitrogens is 1. The maximum absolute atomic E-state index is 9.92. The number of nitrogens with zero attached hydrogens (tertiary/aromatic N) is 1. The third-order valence-corrected chi connectivity index (χ3v) is 2.50. The van der Waals surface area contributed by atoms with Gasteiger partial charge in [-0.3, -0.25) is 0 Å². The van der Waals surface area contributed by atoms with E-state index < -0.39 is 5.60 Å². The standard InChI is InChI=1S/C9H10BrNO2/c1-6-2-7(11-8(10)3-6)9(12)4-13-5-9/h2-3,12H,4-5H2,1H3. The number of rotatable bonds is 1. The monoisotopic (exact) mass is 243 g/mol. The lowest BCUT2D eigenvalue weighted by Crippen LogP contribution is -2.47. The summed E-state index contributed by atoms with van der Waals surface area (Å²) in [5.41, 5.74) is 0.900. The van der Waals surface area contributed by atoms with E-state index in [2.05, 4.69) is 20.9 Å². The van der Waals surface area contributed by atoms with Crippen molar-refractivity contribution in [1.29, 1.82) is 0 Å². The Morgan fingerprint density at radius 1 is 1.54 bits per heavy atom. The molecule has 0 amide bonds. The fourth-order valence-electron chi connectivity index (χ4n) is 1.31. The lowest BCUT2D eigenvalue weighted by molar-refractivity contribution is -0.187. The molecule has 1 saturated heterocycles. The van der Waals surface area contributed by atoms with Gasteiger partial charge in [-0.15, -0.1) is 0 Å². The van der Waals surface area contributed by atoms with Crippen molar-refractivity contribution in [1.82, 2.24) is 4.98 Å². The average molecular weight is 244 g/mol. The summed E-state index contributed by atoms with van der Waals surface area (Å²) in [6.07, 6.45) is 0. The van der Waals surface area contributed by atoms with Crippen LogP contribution in [-0.2, 0) is 10.3 Å². The Balaban J connectivity index is 2.39. The molecule has 13 heavy (non-hydrogen) atoms. The molecule has 0 aromatic carbocycles. The van der Waals surface area contributed by atoms with Crippen molar-refractivity contribution in [2.24, 2.45) is 0 Å². The topological polar surface area (TPSA) is 42.4 Å². The van der Waals surface area contributed by atoms with Crippen LogP contribution in [0.25, 0.3) is 0 Å². The van der Waals surface area contributed by atoms with E-state index in [9.17, 15) is 5.11 Å². The highest BCUT2D eigenvalue weighted by atomic mass is 79.9. The van der Waals surface area contributed by atoms with Crippen LogP contribution >= 0.6 is 15.9 Å². The molecule has 1 aliphatic rings. The highest BCUT2D eigenvalue weighted by molar-refractivity contribution is 9.10. The van der Waals surface area contributed by atoms with Crippen molar-refractivity contribution in [3.05, 3.63) is 28.0 Å². The fourth-order valence-corrected chi connectivity index (χ4v) is 1.86. The van der Waals surface area contributed by atoms with Crippen molar-refractivity contribution in [2.45, 2.75) is 12.5 Å². The van der Waals surface area contributed by atoms with Gasteiger partial charge in [0.15, 0.2) is 5.60 Å². The summed E-state index contributed by atoms with van der Waals surface area (Å²) in [7, 11) is 0. The van der Waals surface area contributed by atoms with Gasteiger partial charge in [-0.05, 0) is 40.5 Å². The molecule has 1 fully saturated rings. The van der Waals surface area contributed by atoms with Crippen molar-refractivity contribution >= 4 is 15.9 Å². The summed E-state index contributed by atoms with van der Waals surface area (Å²) in [5.74, 6) is 0. The van der Waals surface area contributed by atoms with E-state index >= 15 is 0 Å². The molecule has 1 aliphatic heterocycles. The first-order valence-electron chi connectivity index (χ1n) is 4.05. The van der Waals surface area contributed by atoms with Crippen LogP contribution in [-0.4, -0.2) is 23.3 Å². The Labute approximate surface area is 84.9 Å². The number of aryl methyl sites for hydroxylation is 1. The molecular formula is C9H10BrNO2. The van der Waals surface area contributed by atoms with Gasteiger partial charge in [0.25, 0.3) is 0 Å². The van der Waals surface area contributed by atoms with Gasteiger partial charge in [0.1, 0.15) is 4.60 Å². The summed E-state index contributed by atoms with van der Waals surface area (Å²) >= 11 is 3.30. The predicted octanol–water partition coefficient (Wildman–Crippen LogP) is 1.37. The molecule has 3 nitrogen and oxygen atoms in total. The van der Waals surface area contributed by atoms with E-state index in [1.165, 1.54) is 0 Å². The molecule has 1 aromatic rings.